The van der Waals surface area contributed by atoms with E-state index in [4.69, 9.17) is 4.98 Å². The Bertz CT molecular complexity index is 1050. The van der Waals surface area contributed by atoms with Crippen LogP contribution in [0.2, 0.25) is 0 Å². The summed E-state index contributed by atoms with van der Waals surface area (Å²) in [5.41, 5.74) is 5.45. The molecule has 0 aliphatic rings. The van der Waals surface area contributed by atoms with E-state index in [2.05, 4.69) is 36.6 Å². The Morgan fingerprint density at radius 2 is 1.88 bits per heavy atom. The molecule has 2 aromatic heterocycles. The van der Waals surface area contributed by atoms with Crippen molar-refractivity contribution in [2.75, 3.05) is 0 Å². The van der Waals surface area contributed by atoms with Gasteiger partial charge in [-0.25, -0.2) is 4.39 Å². The number of hydrogen-bond donors (Lipinski definition) is 0. The van der Waals surface area contributed by atoms with E-state index in [0.29, 0.717) is 6.42 Å². The van der Waals surface area contributed by atoms with Crippen molar-refractivity contribution in [3.05, 3.63) is 77.4 Å². The molecule has 0 N–H and O–H groups in total. The van der Waals surface area contributed by atoms with E-state index >= 15 is 0 Å². The van der Waals surface area contributed by atoms with Gasteiger partial charge in [0.25, 0.3) is 0 Å². The molecule has 4 aromatic rings. The number of aromatic nitrogens is 2. The number of hydrogen-bond acceptors (Lipinski definition) is 1. The maximum atomic E-state index is 13.8. The SMILES string of the molecule is CCn1c(C)c(Cc2ccc3ccccc3n2)c2cc(F)ccc21. The van der Waals surface area contributed by atoms with Crippen LogP contribution in [0.15, 0.2) is 54.6 Å². The number of rotatable bonds is 3. The third-order valence-electron chi connectivity index (χ3n) is 4.75. The first kappa shape index (κ1) is 14.9. The third-order valence-corrected chi connectivity index (χ3v) is 4.75. The monoisotopic (exact) mass is 318 g/mol. The molecular weight excluding hydrogens is 299 g/mol. The van der Waals surface area contributed by atoms with Crippen LogP contribution in [0.1, 0.15) is 23.9 Å². The normalized spacial score (nSPS) is 11.5. The molecule has 0 saturated carbocycles. The van der Waals surface area contributed by atoms with Crippen molar-refractivity contribution < 1.29 is 4.39 Å². The van der Waals surface area contributed by atoms with Crippen LogP contribution < -0.4 is 0 Å². The van der Waals surface area contributed by atoms with Crippen LogP contribution in [0.3, 0.4) is 0 Å². The predicted molar refractivity (Wildman–Crippen MR) is 96.9 cm³/mol. The van der Waals surface area contributed by atoms with Crippen molar-refractivity contribution in [1.82, 2.24) is 9.55 Å². The van der Waals surface area contributed by atoms with Gasteiger partial charge in [0.2, 0.25) is 0 Å². The summed E-state index contributed by atoms with van der Waals surface area (Å²) < 4.78 is 16.0. The Labute approximate surface area is 140 Å². The molecule has 0 amide bonds. The van der Waals surface area contributed by atoms with Gasteiger partial charge in [0.1, 0.15) is 5.82 Å². The van der Waals surface area contributed by atoms with Gasteiger partial charge >= 0.3 is 0 Å². The van der Waals surface area contributed by atoms with Gasteiger partial charge in [-0.15, -0.1) is 0 Å². The second-order valence-corrected chi connectivity index (χ2v) is 6.14. The van der Waals surface area contributed by atoms with E-state index in [1.807, 2.05) is 24.3 Å². The highest BCUT2D eigenvalue weighted by Crippen LogP contribution is 2.29. The quantitative estimate of drug-likeness (QED) is 0.504. The smallest absolute Gasteiger partial charge is 0.123 e. The van der Waals surface area contributed by atoms with Crippen LogP contribution in [0.4, 0.5) is 4.39 Å². The molecule has 24 heavy (non-hydrogen) atoms. The van der Waals surface area contributed by atoms with E-state index in [9.17, 15) is 4.39 Å². The van der Waals surface area contributed by atoms with Crippen LogP contribution in [-0.4, -0.2) is 9.55 Å². The van der Waals surface area contributed by atoms with E-state index in [-0.39, 0.29) is 5.82 Å². The van der Waals surface area contributed by atoms with Gasteiger partial charge in [-0.05, 0) is 49.7 Å². The Morgan fingerprint density at radius 1 is 1.04 bits per heavy atom. The van der Waals surface area contributed by atoms with Crippen LogP contribution in [0.25, 0.3) is 21.8 Å². The molecule has 0 saturated heterocycles. The van der Waals surface area contributed by atoms with Crippen LogP contribution in [-0.2, 0) is 13.0 Å². The highest BCUT2D eigenvalue weighted by Gasteiger charge is 2.15. The van der Waals surface area contributed by atoms with Gasteiger partial charge in [-0.3, -0.25) is 4.98 Å². The number of pyridine rings is 1. The van der Waals surface area contributed by atoms with Crippen LogP contribution in [0, 0.1) is 12.7 Å². The number of para-hydroxylation sites is 1. The first-order chi connectivity index (χ1) is 11.7. The summed E-state index contributed by atoms with van der Waals surface area (Å²) in [5.74, 6) is -0.191. The Hall–Kier alpha value is -2.68. The van der Waals surface area contributed by atoms with Gasteiger partial charge in [-0.2, -0.15) is 0 Å². The van der Waals surface area contributed by atoms with Gasteiger partial charge in [-0.1, -0.05) is 24.3 Å². The molecule has 120 valence electrons. The summed E-state index contributed by atoms with van der Waals surface area (Å²) in [5, 5.41) is 2.13. The molecule has 4 rings (SSSR count). The first-order valence-electron chi connectivity index (χ1n) is 8.29. The van der Waals surface area contributed by atoms with Crippen LogP contribution in [0.5, 0.6) is 0 Å². The predicted octanol–water partition coefficient (Wildman–Crippen LogP) is 5.25. The highest BCUT2D eigenvalue weighted by molar-refractivity contribution is 5.86. The molecule has 2 aromatic carbocycles. The standard InChI is InChI=1S/C21H19FN2/c1-3-24-14(2)18(19-12-16(22)9-11-21(19)24)13-17-10-8-15-6-4-5-7-20(15)23-17/h4-12H,3,13H2,1-2H3. The zero-order valence-electron chi connectivity index (χ0n) is 13.9. The summed E-state index contributed by atoms with van der Waals surface area (Å²) in [6.45, 7) is 5.10. The number of aryl methyl sites for hydroxylation is 1. The summed E-state index contributed by atoms with van der Waals surface area (Å²) in [6, 6.07) is 17.3. The summed E-state index contributed by atoms with van der Waals surface area (Å²) in [7, 11) is 0. The van der Waals surface area contributed by atoms with Crippen molar-refractivity contribution in [2.24, 2.45) is 0 Å². The lowest BCUT2D eigenvalue weighted by molar-refractivity contribution is 0.629. The molecule has 0 spiro atoms. The molecule has 0 bridgehead atoms. The number of benzene rings is 2. The highest BCUT2D eigenvalue weighted by atomic mass is 19.1. The molecule has 0 fully saturated rings. The Morgan fingerprint density at radius 3 is 2.71 bits per heavy atom. The minimum atomic E-state index is -0.191. The number of nitrogens with zero attached hydrogens (tertiary/aromatic N) is 2. The fraction of sp³-hybridized carbons (Fsp3) is 0.190. The fourth-order valence-electron chi connectivity index (χ4n) is 3.54. The van der Waals surface area contributed by atoms with Crippen molar-refractivity contribution in [2.45, 2.75) is 26.8 Å². The second kappa shape index (κ2) is 5.75. The third kappa shape index (κ3) is 2.37. The topological polar surface area (TPSA) is 17.8 Å². The van der Waals surface area contributed by atoms with Gasteiger partial charge in [0, 0.05) is 40.6 Å². The summed E-state index contributed by atoms with van der Waals surface area (Å²) in [6.07, 6.45) is 0.712. The van der Waals surface area contributed by atoms with Crippen LogP contribution >= 0.6 is 0 Å². The van der Waals surface area contributed by atoms with E-state index < -0.39 is 0 Å². The maximum absolute atomic E-state index is 13.8. The molecule has 0 aliphatic carbocycles. The van der Waals surface area contributed by atoms with Crippen molar-refractivity contribution in [3.8, 4) is 0 Å². The minimum Gasteiger partial charge on any atom is -0.345 e. The van der Waals surface area contributed by atoms with E-state index in [1.165, 1.54) is 11.8 Å². The second-order valence-electron chi connectivity index (χ2n) is 6.14. The number of halogens is 1. The molecule has 2 nitrogen and oxygen atoms in total. The largest absolute Gasteiger partial charge is 0.345 e. The maximum Gasteiger partial charge on any atom is 0.123 e. The molecule has 0 aliphatic heterocycles. The lowest BCUT2D eigenvalue weighted by Gasteiger charge is -2.06. The average molecular weight is 318 g/mol. The minimum absolute atomic E-state index is 0.191. The van der Waals surface area contributed by atoms with E-state index in [1.54, 1.807) is 6.07 Å². The molecule has 0 atom stereocenters. The summed E-state index contributed by atoms with van der Waals surface area (Å²) >= 11 is 0. The average Bonchev–Trinajstić information content (AvgIpc) is 2.86. The van der Waals surface area contributed by atoms with Crippen molar-refractivity contribution in [1.29, 1.82) is 0 Å². The lowest BCUT2D eigenvalue weighted by Crippen LogP contribution is -1.99. The zero-order chi connectivity index (χ0) is 16.7. The molecule has 0 radical (unpaired) electrons. The van der Waals surface area contributed by atoms with Gasteiger partial charge in [0.15, 0.2) is 0 Å². The Kier molecular flexibility index (Phi) is 3.57. The molecule has 2 heterocycles. The molecule has 3 heteroatoms. The summed E-state index contributed by atoms with van der Waals surface area (Å²) in [4.78, 5) is 4.77. The number of fused-ring (bicyclic) bond motifs is 2. The zero-order valence-corrected chi connectivity index (χ0v) is 13.9. The van der Waals surface area contributed by atoms with E-state index in [0.717, 1.165) is 39.6 Å². The van der Waals surface area contributed by atoms with Gasteiger partial charge in [0.05, 0.1) is 5.52 Å². The first-order valence-corrected chi connectivity index (χ1v) is 8.29. The molecule has 0 unspecified atom stereocenters. The van der Waals surface area contributed by atoms with Gasteiger partial charge < -0.3 is 4.57 Å². The fourth-order valence-corrected chi connectivity index (χ4v) is 3.54. The Balaban J connectivity index is 1.86. The van der Waals surface area contributed by atoms with Crippen molar-refractivity contribution >= 4 is 21.8 Å². The lowest BCUT2D eigenvalue weighted by atomic mass is 10.0. The van der Waals surface area contributed by atoms with Crippen molar-refractivity contribution in [3.63, 3.8) is 0 Å². The molecular formula is C21H19FN2.